The molecule has 0 bridgehead atoms. The number of hydrogen-bond acceptors (Lipinski definition) is 1. The van der Waals surface area contributed by atoms with Gasteiger partial charge in [-0.3, -0.25) is 0 Å². The standard InChI is InChI=1S/C12H16FN/c1-2-9-3-4-10(13)7-11(9)12(8-14)5-6-12/h3-4,7H,2,5-6,8,14H2,1H3. The molecule has 0 radical (unpaired) electrons. The zero-order valence-electron chi connectivity index (χ0n) is 8.52. The van der Waals surface area contributed by atoms with Crippen molar-refractivity contribution in [2.24, 2.45) is 5.73 Å². The molecule has 1 aliphatic carbocycles. The molecule has 2 heteroatoms. The molecule has 0 amide bonds. The number of halogens is 1. The van der Waals surface area contributed by atoms with E-state index in [1.54, 1.807) is 6.07 Å². The van der Waals surface area contributed by atoms with Crippen LogP contribution in [0.4, 0.5) is 4.39 Å². The van der Waals surface area contributed by atoms with Crippen molar-refractivity contribution in [3.63, 3.8) is 0 Å². The Bertz CT molecular complexity index is 342. The summed E-state index contributed by atoms with van der Waals surface area (Å²) >= 11 is 0. The molecular formula is C12H16FN. The Balaban J connectivity index is 2.44. The van der Waals surface area contributed by atoms with Crippen LogP contribution in [-0.4, -0.2) is 6.54 Å². The second-order valence-electron chi connectivity index (χ2n) is 4.14. The molecule has 1 aromatic rings. The van der Waals surface area contributed by atoms with E-state index in [2.05, 4.69) is 6.92 Å². The van der Waals surface area contributed by atoms with E-state index in [0.717, 1.165) is 24.8 Å². The minimum Gasteiger partial charge on any atom is -0.330 e. The Labute approximate surface area is 84.1 Å². The van der Waals surface area contributed by atoms with Crippen molar-refractivity contribution in [3.8, 4) is 0 Å². The van der Waals surface area contributed by atoms with Gasteiger partial charge in [0.25, 0.3) is 0 Å². The monoisotopic (exact) mass is 193 g/mol. The van der Waals surface area contributed by atoms with Gasteiger partial charge in [-0.1, -0.05) is 13.0 Å². The van der Waals surface area contributed by atoms with E-state index in [9.17, 15) is 4.39 Å². The third kappa shape index (κ3) is 1.44. The third-order valence-electron chi connectivity index (χ3n) is 3.27. The van der Waals surface area contributed by atoms with Gasteiger partial charge in [0.05, 0.1) is 0 Å². The minimum absolute atomic E-state index is 0.105. The third-order valence-corrected chi connectivity index (χ3v) is 3.27. The Hall–Kier alpha value is -0.890. The Kier molecular flexibility index (Phi) is 2.31. The van der Waals surface area contributed by atoms with Crippen molar-refractivity contribution in [1.29, 1.82) is 0 Å². The average molecular weight is 193 g/mol. The summed E-state index contributed by atoms with van der Waals surface area (Å²) in [5.41, 5.74) is 8.24. The van der Waals surface area contributed by atoms with Gasteiger partial charge < -0.3 is 5.73 Å². The van der Waals surface area contributed by atoms with Gasteiger partial charge in [-0.2, -0.15) is 0 Å². The molecule has 0 saturated heterocycles. The van der Waals surface area contributed by atoms with Crippen LogP contribution in [0.15, 0.2) is 18.2 Å². The first-order chi connectivity index (χ1) is 6.72. The van der Waals surface area contributed by atoms with Crippen LogP contribution in [0, 0.1) is 5.82 Å². The maximum absolute atomic E-state index is 13.1. The fraction of sp³-hybridized carbons (Fsp3) is 0.500. The predicted octanol–water partition coefficient (Wildman–Crippen LogP) is 2.38. The van der Waals surface area contributed by atoms with Crippen LogP contribution in [0.3, 0.4) is 0 Å². The Morgan fingerprint density at radius 3 is 2.64 bits per heavy atom. The van der Waals surface area contributed by atoms with Gasteiger partial charge in [-0.05, 0) is 42.5 Å². The van der Waals surface area contributed by atoms with Crippen molar-refractivity contribution in [2.45, 2.75) is 31.6 Å². The molecule has 1 nitrogen and oxygen atoms in total. The smallest absolute Gasteiger partial charge is 0.123 e. The van der Waals surface area contributed by atoms with E-state index in [-0.39, 0.29) is 11.2 Å². The van der Waals surface area contributed by atoms with Crippen molar-refractivity contribution >= 4 is 0 Å². The summed E-state index contributed by atoms with van der Waals surface area (Å²) in [7, 11) is 0. The highest BCUT2D eigenvalue weighted by Gasteiger charge is 2.44. The molecule has 1 aromatic carbocycles. The van der Waals surface area contributed by atoms with Gasteiger partial charge in [-0.25, -0.2) is 4.39 Å². The number of aryl methyl sites for hydroxylation is 1. The summed E-state index contributed by atoms with van der Waals surface area (Å²) in [5, 5.41) is 0. The first kappa shape index (κ1) is 9.66. The van der Waals surface area contributed by atoms with Crippen LogP contribution < -0.4 is 5.73 Å². The van der Waals surface area contributed by atoms with Crippen molar-refractivity contribution in [3.05, 3.63) is 35.1 Å². The van der Waals surface area contributed by atoms with Gasteiger partial charge in [0.2, 0.25) is 0 Å². The molecule has 0 heterocycles. The topological polar surface area (TPSA) is 26.0 Å². The largest absolute Gasteiger partial charge is 0.330 e. The molecule has 0 spiro atoms. The summed E-state index contributed by atoms with van der Waals surface area (Å²) < 4.78 is 13.1. The van der Waals surface area contributed by atoms with Crippen LogP contribution in [0.2, 0.25) is 0 Å². The second kappa shape index (κ2) is 3.35. The van der Waals surface area contributed by atoms with E-state index < -0.39 is 0 Å². The van der Waals surface area contributed by atoms with E-state index in [4.69, 9.17) is 5.73 Å². The summed E-state index contributed by atoms with van der Waals surface area (Å²) in [6, 6.07) is 5.09. The SMILES string of the molecule is CCc1ccc(F)cc1C1(CN)CC1. The molecule has 1 fully saturated rings. The van der Waals surface area contributed by atoms with Crippen LogP contribution in [0.1, 0.15) is 30.9 Å². The second-order valence-corrected chi connectivity index (χ2v) is 4.14. The quantitative estimate of drug-likeness (QED) is 0.783. The van der Waals surface area contributed by atoms with E-state index in [1.165, 1.54) is 11.6 Å². The molecule has 0 unspecified atom stereocenters. The molecule has 2 N–H and O–H groups in total. The number of nitrogens with two attached hydrogens (primary N) is 1. The first-order valence-corrected chi connectivity index (χ1v) is 5.21. The van der Waals surface area contributed by atoms with Gasteiger partial charge in [0.15, 0.2) is 0 Å². The number of hydrogen-bond donors (Lipinski definition) is 1. The summed E-state index contributed by atoms with van der Waals surface area (Å²) in [6.07, 6.45) is 3.18. The van der Waals surface area contributed by atoms with Crippen molar-refractivity contribution < 1.29 is 4.39 Å². The number of benzene rings is 1. The van der Waals surface area contributed by atoms with E-state index in [0.29, 0.717) is 6.54 Å². The van der Waals surface area contributed by atoms with Crippen LogP contribution in [0.5, 0.6) is 0 Å². The normalized spacial score (nSPS) is 18.2. The van der Waals surface area contributed by atoms with Gasteiger partial charge in [0, 0.05) is 12.0 Å². The first-order valence-electron chi connectivity index (χ1n) is 5.21. The molecule has 0 aromatic heterocycles. The fourth-order valence-electron chi connectivity index (χ4n) is 2.08. The molecule has 1 saturated carbocycles. The van der Waals surface area contributed by atoms with Crippen LogP contribution >= 0.6 is 0 Å². The molecular weight excluding hydrogens is 177 g/mol. The highest BCUT2D eigenvalue weighted by Crippen LogP contribution is 2.48. The molecule has 0 atom stereocenters. The summed E-state index contributed by atoms with van der Waals surface area (Å²) in [4.78, 5) is 0. The van der Waals surface area contributed by atoms with Crippen LogP contribution in [0.25, 0.3) is 0 Å². The lowest BCUT2D eigenvalue weighted by Gasteiger charge is -2.17. The zero-order chi connectivity index (χ0) is 10.2. The van der Waals surface area contributed by atoms with Crippen molar-refractivity contribution in [1.82, 2.24) is 0 Å². The highest BCUT2D eigenvalue weighted by atomic mass is 19.1. The van der Waals surface area contributed by atoms with Crippen LogP contribution in [-0.2, 0) is 11.8 Å². The lowest BCUT2D eigenvalue weighted by molar-refractivity contribution is 0.613. The maximum Gasteiger partial charge on any atom is 0.123 e. The lowest BCUT2D eigenvalue weighted by Crippen LogP contribution is -2.21. The fourth-order valence-corrected chi connectivity index (χ4v) is 2.08. The summed E-state index contributed by atoms with van der Waals surface area (Å²) in [5.74, 6) is -0.142. The molecule has 1 aliphatic rings. The van der Waals surface area contributed by atoms with Gasteiger partial charge >= 0.3 is 0 Å². The molecule has 14 heavy (non-hydrogen) atoms. The minimum atomic E-state index is -0.142. The Morgan fingerprint density at radius 2 is 2.14 bits per heavy atom. The predicted molar refractivity (Wildman–Crippen MR) is 55.7 cm³/mol. The van der Waals surface area contributed by atoms with Gasteiger partial charge in [-0.15, -0.1) is 0 Å². The van der Waals surface area contributed by atoms with Gasteiger partial charge in [0.1, 0.15) is 5.82 Å². The lowest BCUT2D eigenvalue weighted by atomic mass is 9.90. The Morgan fingerprint density at radius 1 is 1.43 bits per heavy atom. The zero-order valence-corrected chi connectivity index (χ0v) is 8.52. The molecule has 0 aliphatic heterocycles. The number of rotatable bonds is 3. The van der Waals surface area contributed by atoms with E-state index in [1.807, 2.05) is 6.07 Å². The van der Waals surface area contributed by atoms with E-state index >= 15 is 0 Å². The molecule has 2 rings (SSSR count). The summed E-state index contributed by atoms with van der Waals surface area (Å²) in [6.45, 7) is 2.74. The highest BCUT2D eigenvalue weighted by molar-refractivity contribution is 5.39. The van der Waals surface area contributed by atoms with Crippen molar-refractivity contribution in [2.75, 3.05) is 6.54 Å². The maximum atomic E-state index is 13.1. The molecule has 76 valence electrons. The average Bonchev–Trinajstić information content (AvgIpc) is 2.98.